The molecule has 0 aliphatic carbocycles. The van der Waals surface area contributed by atoms with Gasteiger partial charge in [-0.3, -0.25) is 0 Å². The minimum absolute atomic E-state index is 0.0576. The van der Waals surface area contributed by atoms with Gasteiger partial charge in [0.05, 0.1) is 0 Å². The molecule has 0 amide bonds. The van der Waals surface area contributed by atoms with Crippen LogP contribution in [0.4, 0.5) is 13.2 Å². The van der Waals surface area contributed by atoms with E-state index in [1.165, 1.54) is 4.57 Å². The number of halogens is 3. The van der Waals surface area contributed by atoms with Gasteiger partial charge in [0.15, 0.2) is 5.69 Å². The number of fused-ring (bicyclic) bond motifs is 1. The Labute approximate surface area is 78.7 Å². The summed E-state index contributed by atoms with van der Waals surface area (Å²) in [6.07, 6.45) is -2.09. The van der Waals surface area contributed by atoms with Crippen molar-refractivity contribution in [3.8, 4) is 0 Å². The molecule has 0 radical (unpaired) electrons. The first kappa shape index (κ1) is 9.51. The number of rotatable bonds is 0. The molecule has 78 valence electrons. The van der Waals surface area contributed by atoms with Gasteiger partial charge in [0.25, 0.3) is 0 Å². The fourth-order valence-electron chi connectivity index (χ4n) is 1.61. The zero-order valence-corrected chi connectivity index (χ0v) is 7.38. The van der Waals surface area contributed by atoms with Crippen LogP contribution in [0.25, 0.3) is 0 Å². The average molecular weight is 205 g/mol. The van der Waals surface area contributed by atoms with Gasteiger partial charge in [0.1, 0.15) is 5.82 Å². The van der Waals surface area contributed by atoms with Crippen LogP contribution in [0.3, 0.4) is 0 Å². The predicted molar refractivity (Wildman–Crippen MR) is 43.5 cm³/mol. The fraction of sp³-hybridized carbons (Fsp3) is 0.625. The third kappa shape index (κ3) is 1.61. The Kier molecular flexibility index (Phi) is 2.02. The highest BCUT2D eigenvalue weighted by molar-refractivity contribution is 5.10. The third-order valence-corrected chi connectivity index (χ3v) is 2.32. The van der Waals surface area contributed by atoms with Gasteiger partial charge in [-0.1, -0.05) is 0 Å². The summed E-state index contributed by atoms with van der Waals surface area (Å²) in [6.45, 7) is 0.429. The van der Waals surface area contributed by atoms with Crippen LogP contribution in [0.1, 0.15) is 17.9 Å². The molecule has 0 saturated heterocycles. The van der Waals surface area contributed by atoms with Gasteiger partial charge < -0.3 is 10.3 Å². The van der Waals surface area contributed by atoms with Crippen molar-refractivity contribution in [1.29, 1.82) is 0 Å². The molecule has 1 aromatic rings. The maximum atomic E-state index is 12.3. The number of nitrogens with zero attached hydrogens (tertiary/aromatic N) is 2. The SMILES string of the molecule is NC1CCc2nc(C(F)(F)F)cn2C1. The molecule has 1 unspecified atom stereocenters. The minimum Gasteiger partial charge on any atom is -0.333 e. The van der Waals surface area contributed by atoms with Crippen LogP contribution in [0.5, 0.6) is 0 Å². The van der Waals surface area contributed by atoms with Gasteiger partial charge in [-0.25, -0.2) is 4.98 Å². The summed E-state index contributed by atoms with van der Waals surface area (Å²) in [5.41, 5.74) is 4.82. The van der Waals surface area contributed by atoms with Crippen molar-refractivity contribution in [3.63, 3.8) is 0 Å². The van der Waals surface area contributed by atoms with Crippen molar-refractivity contribution in [1.82, 2.24) is 9.55 Å². The lowest BCUT2D eigenvalue weighted by Gasteiger charge is -2.19. The van der Waals surface area contributed by atoms with E-state index < -0.39 is 11.9 Å². The molecular weight excluding hydrogens is 195 g/mol. The molecule has 0 spiro atoms. The molecule has 6 heteroatoms. The number of imidazole rings is 1. The van der Waals surface area contributed by atoms with Crippen LogP contribution >= 0.6 is 0 Å². The Morgan fingerprint density at radius 3 is 2.86 bits per heavy atom. The summed E-state index contributed by atoms with van der Waals surface area (Å²) < 4.78 is 38.3. The average Bonchev–Trinajstić information content (AvgIpc) is 2.45. The summed E-state index contributed by atoms with van der Waals surface area (Å²) in [4.78, 5) is 3.54. The zero-order chi connectivity index (χ0) is 10.3. The van der Waals surface area contributed by atoms with E-state index in [1.54, 1.807) is 0 Å². The van der Waals surface area contributed by atoms with E-state index in [1.807, 2.05) is 0 Å². The predicted octanol–water partition coefficient (Wildman–Crippen LogP) is 1.18. The topological polar surface area (TPSA) is 43.8 Å². The second-order valence-electron chi connectivity index (χ2n) is 3.49. The van der Waals surface area contributed by atoms with Gasteiger partial charge in [-0.05, 0) is 6.42 Å². The summed E-state index contributed by atoms with van der Waals surface area (Å²) >= 11 is 0. The van der Waals surface area contributed by atoms with E-state index in [9.17, 15) is 13.2 Å². The first-order chi connectivity index (χ1) is 6.47. The largest absolute Gasteiger partial charge is 0.434 e. The van der Waals surface area contributed by atoms with Crippen molar-refractivity contribution >= 4 is 0 Å². The maximum Gasteiger partial charge on any atom is 0.434 e. The van der Waals surface area contributed by atoms with Gasteiger partial charge in [-0.2, -0.15) is 13.2 Å². The van der Waals surface area contributed by atoms with Crippen LogP contribution in [0.15, 0.2) is 6.20 Å². The van der Waals surface area contributed by atoms with Crippen molar-refractivity contribution < 1.29 is 13.2 Å². The number of aromatic nitrogens is 2. The Hall–Kier alpha value is -1.04. The van der Waals surface area contributed by atoms with Crippen molar-refractivity contribution in [2.24, 2.45) is 5.73 Å². The number of alkyl halides is 3. The molecule has 0 bridgehead atoms. The molecular formula is C8H10F3N3. The second-order valence-corrected chi connectivity index (χ2v) is 3.49. The van der Waals surface area contributed by atoms with Crippen molar-refractivity contribution in [2.75, 3.05) is 0 Å². The highest BCUT2D eigenvalue weighted by atomic mass is 19.4. The van der Waals surface area contributed by atoms with E-state index in [0.717, 1.165) is 6.20 Å². The number of nitrogens with two attached hydrogens (primary N) is 1. The molecule has 3 nitrogen and oxygen atoms in total. The van der Waals surface area contributed by atoms with E-state index in [0.29, 0.717) is 25.2 Å². The first-order valence-electron chi connectivity index (χ1n) is 4.35. The van der Waals surface area contributed by atoms with Gasteiger partial charge >= 0.3 is 6.18 Å². The molecule has 1 aliphatic heterocycles. The molecule has 0 fully saturated rings. The summed E-state index contributed by atoms with van der Waals surface area (Å²) in [5.74, 6) is 0.485. The lowest BCUT2D eigenvalue weighted by molar-refractivity contribution is -0.141. The number of hydrogen-bond donors (Lipinski definition) is 1. The monoisotopic (exact) mass is 205 g/mol. The smallest absolute Gasteiger partial charge is 0.333 e. The standard InChI is InChI=1S/C8H10F3N3/c9-8(10,11)6-4-14-3-5(12)1-2-7(14)13-6/h4-5H,1-3,12H2. The molecule has 0 saturated carbocycles. The maximum absolute atomic E-state index is 12.3. The van der Waals surface area contributed by atoms with Gasteiger partial charge in [-0.15, -0.1) is 0 Å². The van der Waals surface area contributed by atoms with E-state index >= 15 is 0 Å². The molecule has 2 heterocycles. The fourth-order valence-corrected chi connectivity index (χ4v) is 1.61. The normalized spacial score (nSPS) is 22.1. The van der Waals surface area contributed by atoms with Gasteiger partial charge in [0.2, 0.25) is 0 Å². The van der Waals surface area contributed by atoms with Crippen LogP contribution in [-0.2, 0) is 19.1 Å². The lowest BCUT2D eigenvalue weighted by Crippen LogP contribution is -2.31. The molecule has 2 N–H and O–H groups in total. The van der Waals surface area contributed by atoms with Crippen LogP contribution in [-0.4, -0.2) is 15.6 Å². The van der Waals surface area contributed by atoms with Crippen LogP contribution in [0.2, 0.25) is 0 Å². The Balaban J connectivity index is 2.32. The third-order valence-electron chi connectivity index (χ3n) is 2.32. The highest BCUT2D eigenvalue weighted by Gasteiger charge is 2.35. The zero-order valence-electron chi connectivity index (χ0n) is 7.38. The van der Waals surface area contributed by atoms with Gasteiger partial charge in [0, 0.05) is 25.2 Å². The molecule has 1 aromatic heterocycles. The minimum atomic E-state index is -4.35. The first-order valence-corrected chi connectivity index (χ1v) is 4.35. The number of hydrogen-bond acceptors (Lipinski definition) is 2. The van der Waals surface area contributed by atoms with E-state index in [2.05, 4.69) is 4.98 Å². The van der Waals surface area contributed by atoms with Crippen molar-refractivity contribution in [3.05, 3.63) is 17.7 Å². The summed E-state index contributed by atoms with van der Waals surface area (Å²) in [6, 6.07) is -0.0576. The molecule has 14 heavy (non-hydrogen) atoms. The van der Waals surface area contributed by atoms with Crippen LogP contribution in [0, 0.1) is 0 Å². The molecule has 0 aromatic carbocycles. The van der Waals surface area contributed by atoms with Crippen molar-refractivity contribution in [2.45, 2.75) is 31.6 Å². The number of aryl methyl sites for hydroxylation is 1. The Bertz CT molecular complexity index is 342. The lowest BCUT2D eigenvalue weighted by atomic mass is 10.1. The molecule has 2 rings (SSSR count). The van der Waals surface area contributed by atoms with Crippen LogP contribution < -0.4 is 5.73 Å². The summed E-state index contributed by atoms with van der Waals surface area (Å²) in [7, 11) is 0. The molecule has 1 aliphatic rings. The molecule has 1 atom stereocenters. The van der Waals surface area contributed by atoms with E-state index in [4.69, 9.17) is 5.73 Å². The quantitative estimate of drug-likeness (QED) is 0.691. The second kappa shape index (κ2) is 2.98. The summed E-state index contributed by atoms with van der Waals surface area (Å²) in [5, 5.41) is 0. The Morgan fingerprint density at radius 2 is 2.21 bits per heavy atom. The van der Waals surface area contributed by atoms with E-state index in [-0.39, 0.29) is 6.04 Å². The Morgan fingerprint density at radius 1 is 1.50 bits per heavy atom. The highest BCUT2D eigenvalue weighted by Crippen LogP contribution is 2.29.